The van der Waals surface area contributed by atoms with Gasteiger partial charge in [0.25, 0.3) is 11.7 Å². The summed E-state index contributed by atoms with van der Waals surface area (Å²) in [6, 6.07) is 21.1. The van der Waals surface area contributed by atoms with E-state index in [0.717, 1.165) is 5.56 Å². The van der Waals surface area contributed by atoms with Gasteiger partial charge in [0.2, 0.25) is 0 Å². The lowest BCUT2D eigenvalue weighted by atomic mass is 9.95. The normalized spacial score (nSPS) is 16.5. The first kappa shape index (κ1) is 27.7. The largest absolute Gasteiger partial charge is 0.507 e. The van der Waals surface area contributed by atoms with Crippen LogP contribution in [0.25, 0.3) is 5.76 Å². The van der Waals surface area contributed by atoms with Crippen molar-refractivity contribution in [2.75, 3.05) is 40.9 Å². The average molecular weight is 531 g/mol. The number of Topliss-reactive ketones (excluding diaryl/α,β-unsaturated/α-hetero) is 1. The average Bonchev–Trinajstić information content (AvgIpc) is 3.20. The minimum atomic E-state index is -0.788. The Labute approximate surface area is 229 Å². The maximum Gasteiger partial charge on any atom is 0.295 e. The minimum absolute atomic E-state index is 0.0305. The van der Waals surface area contributed by atoms with Crippen LogP contribution in [0.2, 0.25) is 0 Å². The molecule has 39 heavy (non-hydrogen) atoms. The maximum absolute atomic E-state index is 13.3. The predicted octanol–water partition coefficient (Wildman–Crippen LogP) is 4.66. The number of benzene rings is 3. The van der Waals surface area contributed by atoms with E-state index in [1.807, 2.05) is 56.3 Å². The fourth-order valence-corrected chi connectivity index (χ4v) is 4.50. The van der Waals surface area contributed by atoms with E-state index in [1.165, 1.54) is 12.0 Å². The van der Waals surface area contributed by atoms with E-state index in [4.69, 9.17) is 14.2 Å². The molecule has 1 aliphatic heterocycles. The van der Waals surface area contributed by atoms with Gasteiger partial charge in [0, 0.05) is 18.7 Å². The summed E-state index contributed by atoms with van der Waals surface area (Å²) in [5.41, 5.74) is 2.11. The Hall–Kier alpha value is -4.30. The molecule has 4 rings (SSSR count). The number of rotatable bonds is 11. The highest BCUT2D eigenvalue weighted by Gasteiger charge is 2.46. The summed E-state index contributed by atoms with van der Waals surface area (Å²) in [7, 11) is 5.33. The molecule has 3 aromatic carbocycles. The van der Waals surface area contributed by atoms with Gasteiger partial charge >= 0.3 is 0 Å². The zero-order valence-corrected chi connectivity index (χ0v) is 22.7. The molecule has 1 aliphatic rings. The lowest BCUT2D eigenvalue weighted by Crippen LogP contribution is -2.35. The molecule has 0 spiro atoms. The van der Waals surface area contributed by atoms with Crippen molar-refractivity contribution in [3.05, 3.63) is 95.1 Å². The molecule has 0 saturated carbocycles. The van der Waals surface area contributed by atoms with Crippen molar-refractivity contribution in [2.24, 2.45) is 0 Å². The van der Waals surface area contributed by atoms with Crippen LogP contribution in [0.15, 0.2) is 78.4 Å². The molecule has 1 unspecified atom stereocenters. The third-order valence-corrected chi connectivity index (χ3v) is 6.51. The van der Waals surface area contributed by atoms with E-state index in [0.29, 0.717) is 54.7 Å². The zero-order chi connectivity index (χ0) is 27.9. The van der Waals surface area contributed by atoms with Crippen LogP contribution in [0.5, 0.6) is 17.2 Å². The van der Waals surface area contributed by atoms with E-state index in [9.17, 15) is 14.7 Å². The van der Waals surface area contributed by atoms with Crippen molar-refractivity contribution in [3.8, 4) is 17.2 Å². The third-order valence-electron chi connectivity index (χ3n) is 6.51. The van der Waals surface area contributed by atoms with Gasteiger partial charge in [-0.3, -0.25) is 9.59 Å². The van der Waals surface area contributed by atoms with Gasteiger partial charge < -0.3 is 29.1 Å². The molecule has 1 saturated heterocycles. The predicted molar refractivity (Wildman–Crippen MR) is 149 cm³/mol. The first-order valence-corrected chi connectivity index (χ1v) is 12.8. The third kappa shape index (κ3) is 6.23. The second kappa shape index (κ2) is 12.5. The molecule has 1 fully saturated rings. The first-order valence-electron chi connectivity index (χ1n) is 12.8. The van der Waals surface area contributed by atoms with E-state index in [2.05, 4.69) is 0 Å². The summed E-state index contributed by atoms with van der Waals surface area (Å²) in [6.07, 6.45) is 0. The number of likely N-dealkylation sites (N-methyl/N-ethyl adjacent to an activating group) is 1. The van der Waals surface area contributed by atoms with Gasteiger partial charge in [0.05, 0.1) is 25.3 Å². The van der Waals surface area contributed by atoms with E-state index >= 15 is 0 Å². The van der Waals surface area contributed by atoms with Crippen molar-refractivity contribution < 1.29 is 28.9 Å². The Kier molecular flexibility index (Phi) is 8.88. The molecule has 1 heterocycles. The summed E-state index contributed by atoms with van der Waals surface area (Å²) in [4.78, 5) is 29.9. The number of hydrogen-bond donors (Lipinski definition) is 1. The minimum Gasteiger partial charge on any atom is -0.507 e. The van der Waals surface area contributed by atoms with Crippen molar-refractivity contribution in [1.29, 1.82) is 0 Å². The number of methoxy groups -OCH3 is 1. The second-order valence-electron chi connectivity index (χ2n) is 9.44. The van der Waals surface area contributed by atoms with Gasteiger partial charge in [-0.25, -0.2) is 0 Å². The SMILES string of the molecule is CCOc1ccc(C2/C(=C(\O)c3ccc(OCc4ccccc4)cc3)C(=O)C(=O)N2CCN(C)C)cc1OC. The van der Waals surface area contributed by atoms with Crippen molar-refractivity contribution in [2.45, 2.75) is 19.6 Å². The number of nitrogens with zero attached hydrogens (tertiary/aromatic N) is 2. The molecule has 204 valence electrons. The van der Waals surface area contributed by atoms with Crippen LogP contribution < -0.4 is 14.2 Å². The van der Waals surface area contributed by atoms with Crippen LogP contribution in [-0.2, 0) is 16.2 Å². The molecule has 3 aromatic rings. The summed E-state index contributed by atoms with van der Waals surface area (Å²) >= 11 is 0. The lowest BCUT2D eigenvalue weighted by molar-refractivity contribution is -0.140. The Balaban J connectivity index is 1.70. The first-order chi connectivity index (χ1) is 18.8. The second-order valence-corrected chi connectivity index (χ2v) is 9.44. The van der Waals surface area contributed by atoms with Crippen LogP contribution in [0.4, 0.5) is 0 Å². The lowest BCUT2D eigenvalue weighted by Gasteiger charge is -2.27. The Morgan fingerprint density at radius 1 is 0.949 bits per heavy atom. The maximum atomic E-state index is 13.3. The quantitative estimate of drug-likeness (QED) is 0.219. The number of carbonyl (C=O) groups is 2. The van der Waals surface area contributed by atoms with Crippen LogP contribution >= 0.6 is 0 Å². The molecule has 0 aliphatic carbocycles. The van der Waals surface area contributed by atoms with E-state index in [1.54, 1.807) is 42.5 Å². The molecule has 0 aromatic heterocycles. The van der Waals surface area contributed by atoms with Crippen LogP contribution in [0.3, 0.4) is 0 Å². The molecule has 1 amide bonds. The van der Waals surface area contributed by atoms with Gasteiger partial charge in [-0.05, 0) is 68.5 Å². The molecule has 8 nitrogen and oxygen atoms in total. The van der Waals surface area contributed by atoms with E-state index in [-0.39, 0.29) is 11.3 Å². The van der Waals surface area contributed by atoms with Crippen molar-refractivity contribution >= 4 is 17.4 Å². The number of ether oxygens (including phenoxy) is 3. The summed E-state index contributed by atoms with van der Waals surface area (Å²) < 4.78 is 17.0. The van der Waals surface area contributed by atoms with Crippen LogP contribution in [0, 0.1) is 0 Å². The Morgan fingerprint density at radius 2 is 1.67 bits per heavy atom. The molecule has 0 radical (unpaired) electrons. The molecular formula is C31H34N2O6. The number of amides is 1. The van der Waals surface area contributed by atoms with Crippen molar-refractivity contribution in [1.82, 2.24) is 9.80 Å². The van der Waals surface area contributed by atoms with E-state index < -0.39 is 17.7 Å². The zero-order valence-electron chi connectivity index (χ0n) is 22.7. The van der Waals surface area contributed by atoms with Gasteiger partial charge in [0.1, 0.15) is 18.1 Å². The number of hydrogen-bond acceptors (Lipinski definition) is 7. The van der Waals surface area contributed by atoms with Crippen LogP contribution in [-0.4, -0.2) is 67.5 Å². The molecule has 1 N–H and O–H groups in total. The standard InChI is InChI=1S/C31H34N2O6/c1-5-38-25-16-13-23(19-26(25)37-4)28-27(30(35)31(36)33(28)18-17-32(2)3)29(34)22-11-14-24(15-12-22)39-20-21-9-7-6-8-10-21/h6-16,19,28,34H,5,17-18,20H2,1-4H3/b29-27+. The monoisotopic (exact) mass is 530 g/mol. The van der Waals surface area contributed by atoms with Crippen LogP contribution in [0.1, 0.15) is 29.7 Å². The van der Waals surface area contributed by atoms with Gasteiger partial charge in [-0.2, -0.15) is 0 Å². The number of likely N-dealkylation sites (tertiary alicyclic amines) is 1. The fourth-order valence-electron chi connectivity index (χ4n) is 4.50. The fraction of sp³-hybridized carbons (Fsp3) is 0.290. The Morgan fingerprint density at radius 3 is 2.31 bits per heavy atom. The Bertz CT molecular complexity index is 1330. The summed E-state index contributed by atoms with van der Waals surface area (Å²) in [5.74, 6) is 0.0305. The number of aliphatic hydroxyl groups is 1. The highest BCUT2D eigenvalue weighted by molar-refractivity contribution is 6.46. The highest BCUT2D eigenvalue weighted by Crippen LogP contribution is 2.42. The number of ketones is 1. The smallest absolute Gasteiger partial charge is 0.295 e. The van der Waals surface area contributed by atoms with Gasteiger partial charge in [-0.1, -0.05) is 36.4 Å². The van der Waals surface area contributed by atoms with Gasteiger partial charge in [0.15, 0.2) is 11.5 Å². The topological polar surface area (TPSA) is 88.5 Å². The highest BCUT2D eigenvalue weighted by atomic mass is 16.5. The summed E-state index contributed by atoms with van der Waals surface area (Å²) in [5, 5.41) is 11.4. The molecular weight excluding hydrogens is 496 g/mol. The molecule has 1 atom stereocenters. The number of aliphatic hydroxyl groups excluding tert-OH is 1. The van der Waals surface area contributed by atoms with Crippen molar-refractivity contribution in [3.63, 3.8) is 0 Å². The summed E-state index contributed by atoms with van der Waals surface area (Å²) in [6.45, 7) is 3.60. The molecule has 8 heteroatoms. The van der Waals surface area contributed by atoms with Gasteiger partial charge in [-0.15, -0.1) is 0 Å². The molecule has 0 bridgehead atoms. The number of carbonyl (C=O) groups excluding carboxylic acids is 2.